The maximum absolute atomic E-state index is 12.6. The molecule has 120 valence electrons. The van der Waals surface area contributed by atoms with Gasteiger partial charge in [-0.05, 0) is 57.1 Å². The molecule has 1 aromatic carbocycles. The first-order valence-electron chi connectivity index (χ1n) is 7.30. The van der Waals surface area contributed by atoms with Crippen molar-refractivity contribution in [3.05, 3.63) is 23.3 Å². The van der Waals surface area contributed by atoms with Crippen molar-refractivity contribution in [1.29, 1.82) is 0 Å². The Kier molecular flexibility index (Phi) is 6.19. The van der Waals surface area contributed by atoms with Gasteiger partial charge in [0.05, 0.1) is 4.90 Å². The van der Waals surface area contributed by atoms with Crippen LogP contribution >= 0.6 is 0 Å². The van der Waals surface area contributed by atoms with Crippen LogP contribution in [0.1, 0.15) is 31.9 Å². The van der Waals surface area contributed by atoms with Crippen LogP contribution in [0.25, 0.3) is 0 Å². The zero-order valence-electron chi connectivity index (χ0n) is 13.6. The summed E-state index contributed by atoms with van der Waals surface area (Å²) >= 11 is 0. The molecule has 0 heterocycles. The van der Waals surface area contributed by atoms with Gasteiger partial charge in [0.25, 0.3) is 0 Å². The van der Waals surface area contributed by atoms with E-state index in [1.165, 1.54) is 0 Å². The van der Waals surface area contributed by atoms with Gasteiger partial charge >= 0.3 is 0 Å². The van der Waals surface area contributed by atoms with Gasteiger partial charge in [0.15, 0.2) is 0 Å². The molecule has 0 aromatic heterocycles. The molecule has 1 atom stereocenters. The smallest absolute Gasteiger partial charge is 0.240 e. The first kappa shape index (κ1) is 17.9. The Morgan fingerprint density at radius 2 is 1.86 bits per heavy atom. The Balaban J connectivity index is 3.15. The number of hydrogen-bond donors (Lipinski definition) is 2. The molecule has 0 radical (unpaired) electrons. The van der Waals surface area contributed by atoms with Crippen LogP contribution in [0.4, 0.5) is 5.69 Å². The normalized spacial score (nSPS) is 13.6. The zero-order chi connectivity index (χ0) is 16.2. The van der Waals surface area contributed by atoms with Crippen LogP contribution < -0.4 is 10.5 Å². The molecule has 0 spiro atoms. The number of aryl methyl sites for hydroxylation is 1. The van der Waals surface area contributed by atoms with Crippen LogP contribution in [0.3, 0.4) is 0 Å². The van der Waals surface area contributed by atoms with Crippen LogP contribution in [0.2, 0.25) is 0 Å². The molecule has 0 amide bonds. The van der Waals surface area contributed by atoms with Crippen molar-refractivity contribution in [3.8, 4) is 0 Å². The fourth-order valence-corrected chi connectivity index (χ4v) is 3.55. The van der Waals surface area contributed by atoms with E-state index in [1.54, 1.807) is 6.07 Å². The zero-order valence-corrected chi connectivity index (χ0v) is 14.4. The maximum Gasteiger partial charge on any atom is 0.240 e. The van der Waals surface area contributed by atoms with Crippen molar-refractivity contribution in [1.82, 2.24) is 9.62 Å². The van der Waals surface area contributed by atoms with Crippen LogP contribution in [0, 0.1) is 0 Å². The van der Waals surface area contributed by atoms with E-state index in [0.29, 0.717) is 29.1 Å². The number of anilines is 1. The number of sulfonamides is 1. The van der Waals surface area contributed by atoms with Crippen LogP contribution in [-0.4, -0.2) is 40.0 Å². The molecule has 6 heteroatoms. The minimum absolute atomic E-state index is 0.122. The highest BCUT2D eigenvalue weighted by molar-refractivity contribution is 7.89. The molecule has 1 aromatic rings. The monoisotopic (exact) mass is 313 g/mol. The van der Waals surface area contributed by atoms with E-state index in [1.807, 2.05) is 45.8 Å². The van der Waals surface area contributed by atoms with E-state index in [4.69, 9.17) is 5.73 Å². The van der Waals surface area contributed by atoms with E-state index in [9.17, 15) is 8.42 Å². The Morgan fingerprint density at radius 3 is 2.33 bits per heavy atom. The lowest BCUT2D eigenvalue weighted by Crippen LogP contribution is -2.38. The predicted octanol–water partition coefficient (Wildman–Crippen LogP) is 1.62. The molecule has 1 unspecified atom stereocenters. The van der Waals surface area contributed by atoms with Crippen molar-refractivity contribution in [2.45, 2.75) is 44.6 Å². The number of benzene rings is 1. The second-order valence-electron chi connectivity index (χ2n) is 5.53. The minimum Gasteiger partial charge on any atom is -0.398 e. The van der Waals surface area contributed by atoms with Gasteiger partial charge in [0, 0.05) is 18.3 Å². The maximum atomic E-state index is 12.6. The van der Waals surface area contributed by atoms with Crippen molar-refractivity contribution >= 4 is 15.7 Å². The molecule has 21 heavy (non-hydrogen) atoms. The topological polar surface area (TPSA) is 75.4 Å². The summed E-state index contributed by atoms with van der Waals surface area (Å²) in [5.74, 6) is 0. The van der Waals surface area contributed by atoms with Gasteiger partial charge in [0.2, 0.25) is 10.0 Å². The number of likely N-dealkylation sites (N-methyl/N-ethyl adjacent to an activating group) is 1. The van der Waals surface area contributed by atoms with Gasteiger partial charge in [-0.25, -0.2) is 13.1 Å². The lowest BCUT2D eigenvalue weighted by molar-refractivity contribution is 0.314. The number of nitrogens with one attached hydrogen (secondary N) is 1. The number of hydrogen-bond acceptors (Lipinski definition) is 4. The summed E-state index contributed by atoms with van der Waals surface area (Å²) in [5.41, 5.74) is 8.19. The van der Waals surface area contributed by atoms with E-state index in [2.05, 4.69) is 4.72 Å². The van der Waals surface area contributed by atoms with E-state index in [-0.39, 0.29) is 6.04 Å². The highest BCUT2D eigenvalue weighted by Crippen LogP contribution is 2.25. The van der Waals surface area contributed by atoms with Gasteiger partial charge in [0.1, 0.15) is 0 Å². The van der Waals surface area contributed by atoms with Gasteiger partial charge < -0.3 is 10.6 Å². The van der Waals surface area contributed by atoms with E-state index in [0.717, 1.165) is 12.0 Å². The highest BCUT2D eigenvalue weighted by Gasteiger charge is 2.21. The molecular formula is C15H27N3O2S. The molecule has 0 saturated carbocycles. The predicted molar refractivity (Wildman–Crippen MR) is 87.9 cm³/mol. The average molecular weight is 313 g/mol. The third-order valence-corrected chi connectivity index (χ3v) is 5.29. The number of rotatable bonds is 7. The summed E-state index contributed by atoms with van der Waals surface area (Å²) in [6.45, 7) is 6.24. The largest absolute Gasteiger partial charge is 0.398 e. The average Bonchev–Trinajstić information content (AvgIpc) is 2.43. The fourth-order valence-electron chi connectivity index (χ4n) is 2.04. The second kappa shape index (κ2) is 7.24. The van der Waals surface area contributed by atoms with Gasteiger partial charge in [-0.15, -0.1) is 0 Å². The van der Waals surface area contributed by atoms with E-state index >= 15 is 0 Å². The molecular weight excluding hydrogens is 286 g/mol. The molecule has 0 saturated heterocycles. The van der Waals surface area contributed by atoms with Crippen molar-refractivity contribution in [3.63, 3.8) is 0 Å². The number of nitrogens with zero attached hydrogens (tertiary/aromatic N) is 1. The number of nitrogen functional groups attached to an aromatic ring is 1. The summed E-state index contributed by atoms with van der Waals surface area (Å²) in [4.78, 5) is 2.29. The molecule has 5 nitrogen and oxygen atoms in total. The Labute approximate surface area is 128 Å². The molecule has 0 aliphatic carbocycles. The van der Waals surface area contributed by atoms with Gasteiger partial charge in [-0.3, -0.25) is 0 Å². The summed E-state index contributed by atoms with van der Waals surface area (Å²) < 4.78 is 27.8. The Morgan fingerprint density at radius 1 is 1.24 bits per heavy atom. The van der Waals surface area contributed by atoms with Gasteiger partial charge in [-0.1, -0.05) is 13.8 Å². The highest BCUT2D eigenvalue weighted by atomic mass is 32.2. The van der Waals surface area contributed by atoms with Crippen molar-refractivity contribution in [2.24, 2.45) is 0 Å². The van der Waals surface area contributed by atoms with Crippen LogP contribution in [0.15, 0.2) is 17.0 Å². The Bertz CT molecular complexity index is 583. The lowest BCUT2D eigenvalue weighted by atomic mass is 10.1. The molecule has 0 aliphatic rings. The standard InChI is InChI=1S/C15H27N3O2S/c1-6-12-8-14(16)13(7-2)15(9-12)21(19,20)17-10-11(3)18(4)5/h8-9,11,17H,6-7,10,16H2,1-5H3. The fraction of sp³-hybridized carbons (Fsp3) is 0.600. The summed E-state index contributed by atoms with van der Waals surface area (Å²) in [7, 11) is 0.302. The molecule has 1 rings (SSSR count). The summed E-state index contributed by atoms with van der Waals surface area (Å²) in [6, 6.07) is 3.72. The summed E-state index contributed by atoms with van der Waals surface area (Å²) in [6.07, 6.45) is 1.35. The van der Waals surface area contributed by atoms with E-state index < -0.39 is 10.0 Å². The quantitative estimate of drug-likeness (QED) is 0.750. The molecule has 0 fully saturated rings. The third kappa shape index (κ3) is 4.43. The number of nitrogens with two attached hydrogens (primary N) is 1. The van der Waals surface area contributed by atoms with Crippen molar-refractivity contribution < 1.29 is 8.42 Å². The first-order chi connectivity index (χ1) is 9.72. The second-order valence-corrected chi connectivity index (χ2v) is 7.27. The first-order valence-corrected chi connectivity index (χ1v) is 8.78. The molecule has 3 N–H and O–H groups in total. The molecule has 0 aliphatic heterocycles. The summed E-state index contributed by atoms with van der Waals surface area (Å²) in [5, 5.41) is 0. The van der Waals surface area contributed by atoms with Crippen molar-refractivity contribution in [2.75, 3.05) is 26.4 Å². The lowest BCUT2D eigenvalue weighted by Gasteiger charge is -2.21. The van der Waals surface area contributed by atoms with Crippen LogP contribution in [-0.2, 0) is 22.9 Å². The minimum atomic E-state index is -3.54. The molecule has 0 bridgehead atoms. The van der Waals surface area contributed by atoms with Gasteiger partial charge in [-0.2, -0.15) is 0 Å². The third-order valence-electron chi connectivity index (χ3n) is 3.80. The van der Waals surface area contributed by atoms with Crippen LogP contribution in [0.5, 0.6) is 0 Å². The SMILES string of the molecule is CCc1cc(N)c(CC)c(S(=O)(=O)NCC(C)N(C)C)c1. The Hall–Kier alpha value is -1.11.